The number of rotatable bonds is 2. The molecule has 0 aliphatic rings. The van der Waals surface area contributed by atoms with E-state index in [1.54, 1.807) is 0 Å². The maximum Gasteiger partial charge on any atom is 0.293 e. The van der Waals surface area contributed by atoms with Crippen LogP contribution >= 0.6 is 0 Å². The lowest BCUT2D eigenvalue weighted by Gasteiger charge is -2.12. The number of nitrogens with zero attached hydrogens (tertiary/aromatic N) is 4. The van der Waals surface area contributed by atoms with Gasteiger partial charge in [-0.25, -0.2) is 0 Å². The van der Waals surface area contributed by atoms with E-state index in [9.17, 15) is 4.79 Å². The third-order valence-electron chi connectivity index (χ3n) is 2.67. The maximum atomic E-state index is 11.8. The molecule has 0 atom stereocenters. The van der Waals surface area contributed by atoms with Crippen LogP contribution in [0.4, 0.5) is 0 Å². The number of fused-ring (bicyclic) bond motifs is 3. The molecule has 2 heterocycles. The molecular formula is C13H12N4O2. The van der Waals surface area contributed by atoms with Crippen LogP contribution in [0.1, 0.15) is 13.8 Å². The third-order valence-corrected chi connectivity index (χ3v) is 2.67. The fraction of sp³-hybridized carbons (Fsp3) is 0.231. The van der Waals surface area contributed by atoms with E-state index >= 15 is 0 Å². The van der Waals surface area contributed by atoms with Gasteiger partial charge in [0, 0.05) is 10.8 Å². The van der Waals surface area contributed by atoms with Gasteiger partial charge in [0.1, 0.15) is 6.20 Å². The molecule has 3 rings (SSSR count). The predicted octanol–water partition coefficient (Wildman–Crippen LogP) is 1.42. The number of hydrogen-bond donors (Lipinski definition) is 0. The first-order valence-electron chi connectivity index (χ1n) is 5.97. The molecule has 6 nitrogen and oxygen atoms in total. The van der Waals surface area contributed by atoms with Crippen molar-refractivity contribution < 1.29 is 4.74 Å². The molecule has 0 saturated carbocycles. The van der Waals surface area contributed by atoms with Crippen LogP contribution in [0.25, 0.3) is 16.4 Å². The van der Waals surface area contributed by atoms with E-state index < -0.39 is 0 Å². The Bertz CT molecular complexity index is 810. The number of aromatic nitrogens is 4. The van der Waals surface area contributed by atoms with E-state index in [1.807, 2.05) is 38.1 Å². The number of ether oxygens (including phenoxy) is 1. The van der Waals surface area contributed by atoms with Crippen LogP contribution in [0.3, 0.4) is 0 Å². The molecule has 0 N–H and O–H groups in total. The molecule has 0 radical (unpaired) electrons. The van der Waals surface area contributed by atoms with E-state index in [0.717, 1.165) is 17.0 Å². The minimum atomic E-state index is -0.329. The molecule has 0 fully saturated rings. The van der Waals surface area contributed by atoms with Gasteiger partial charge in [0.25, 0.3) is 5.56 Å². The molecule has 2 aromatic heterocycles. The van der Waals surface area contributed by atoms with Crippen LogP contribution in [-0.4, -0.2) is 25.9 Å². The topological polar surface area (TPSA) is 69.4 Å². The predicted molar refractivity (Wildman–Crippen MR) is 70.3 cm³/mol. The van der Waals surface area contributed by atoms with Gasteiger partial charge in [-0.05, 0) is 19.9 Å². The van der Waals surface area contributed by atoms with Gasteiger partial charge in [-0.2, -0.15) is 9.61 Å². The average molecular weight is 256 g/mol. The van der Waals surface area contributed by atoms with Crippen molar-refractivity contribution in [3.8, 4) is 5.88 Å². The Morgan fingerprint density at radius 2 is 1.95 bits per heavy atom. The highest BCUT2D eigenvalue weighted by Gasteiger charge is 2.12. The lowest BCUT2D eigenvalue weighted by Crippen LogP contribution is -2.19. The van der Waals surface area contributed by atoms with Crippen molar-refractivity contribution in [1.29, 1.82) is 0 Å². The molecule has 0 saturated heterocycles. The Hall–Kier alpha value is -2.50. The van der Waals surface area contributed by atoms with Crippen molar-refractivity contribution in [3.63, 3.8) is 0 Å². The van der Waals surface area contributed by atoms with Gasteiger partial charge in [-0.15, -0.1) is 10.2 Å². The van der Waals surface area contributed by atoms with Gasteiger partial charge in [0.15, 0.2) is 5.65 Å². The Morgan fingerprint density at radius 1 is 1.21 bits per heavy atom. The standard InChI is InChI=1S/C13H12N4O2/c1-8(2)19-13-10-6-4-3-5-9(10)12-15-14-7-11(18)17(12)16-13/h3-8H,1-2H3. The first-order chi connectivity index (χ1) is 9.16. The van der Waals surface area contributed by atoms with Gasteiger partial charge < -0.3 is 4.74 Å². The minimum Gasteiger partial charge on any atom is -0.473 e. The van der Waals surface area contributed by atoms with Gasteiger partial charge in [0.2, 0.25) is 5.88 Å². The zero-order valence-electron chi connectivity index (χ0n) is 10.6. The fourth-order valence-electron chi connectivity index (χ4n) is 1.92. The Labute approximate surface area is 108 Å². The van der Waals surface area contributed by atoms with Crippen molar-refractivity contribution >= 4 is 16.4 Å². The van der Waals surface area contributed by atoms with Crippen LogP contribution in [-0.2, 0) is 0 Å². The third kappa shape index (κ3) is 1.91. The molecule has 6 heteroatoms. The second kappa shape index (κ2) is 4.31. The van der Waals surface area contributed by atoms with Crippen LogP contribution in [0, 0.1) is 0 Å². The first kappa shape index (κ1) is 11.6. The summed E-state index contributed by atoms with van der Waals surface area (Å²) in [7, 11) is 0. The molecule has 0 amide bonds. The van der Waals surface area contributed by atoms with Crippen LogP contribution in [0.2, 0.25) is 0 Å². The molecule has 0 bridgehead atoms. The summed E-state index contributed by atoms with van der Waals surface area (Å²) in [4.78, 5) is 11.8. The summed E-state index contributed by atoms with van der Waals surface area (Å²) in [5, 5.41) is 13.5. The highest BCUT2D eigenvalue weighted by atomic mass is 16.5. The molecule has 0 unspecified atom stereocenters. The fourth-order valence-corrected chi connectivity index (χ4v) is 1.92. The van der Waals surface area contributed by atoms with E-state index in [0.29, 0.717) is 11.5 Å². The summed E-state index contributed by atoms with van der Waals surface area (Å²) < 4.78 is 6.89. The lowest BCUT2D eigenvalue weighted by atomic mass is 10.2. The molecule has 96 valence electrons. The molecule has 0 spiro atoms. The Kier molecular flexibility index (Phi) is 2.63. The molecule has 19 heavy (non-hydrogen) atoms. The molecule has 3 aromatic rings. The van der Waals surface area contributed by atoms with Crippen LogP contribution in [0.5, 0.6) is 5.88 Å². The van der Waals surface area contributed by atoms with Crippen molar-refractivity contribution in [1.82, 2.24) is 19.8 Å². The van der Waals surface area contributed by atoms with Gasteiger partial charge >= 0.3 is 0 Å². The summed E-state index contributed by atoms with van der Waals surface area (Å²) in [6, 6.07) is 7.52. The minimum absolute atomic E-state index is 0.0288. The van der Waals surface area contributed by atoms with Crippen molar-refractivity contribution in [2.75, 3.05) is 0 Å². The second-order valence-corrected chi connectivity index (χ2v) is 4.44. The largest absolute Gasteiger partial charge is 0.473 e. The molecular weight excluding hydrogens is 244 g/mol. The zero-order valence-corrected chi connectivity index (χ0v) is 10.6. The zero-order chi connectivity index (χ0) is 13.4. The summed E-state index contributed by atoms with van der Waals surface area (Å²) in [6.45, 7) is 3.82. The summed E-state index contributed by atoms with van der Waals surface area (Å²) in [6.07, 6.45) is 1.10. The summed E-state index contributed by atoms with van der Waals surface area (Å²) >= 11 is 0. The quantitative estimate of drug-likeness (QED) is 0.649. The SMILES string of the molecule is CC(C)Oc1nn2c(=O)cnnc2c2ccccc12. The normalized spacial score (nSPS) is 11.3. The number of benzene rings is 1. The highest BCUT2D eigenvalue weighted by Crippen LogP contribution is 2.25. The molecule has 1 aromatic carbocycles. The van der Waals surface area contributed by atoms with Crippen LogP contribution in [0.15, 0.2) is 35.3 Å². The smallest absolute Gasteiger partial charge is 0.293 e. The first-order valence-corrected chi connectivity index (χ1v) is 5.97. The Balaban J connectivity index is 2.47. The van der Waals surface area contributed by atoms with Crippen molar-refractivity contribution in [2.45, 2.75) is 20.0 Å². The Morgan fingerprint density at radius 3 is 2.68 bits per heavy atom. The lowest BCUT2D eigenvalue weighted by molar-refractivity contribution is 0.232. The summed E-state index contributed by atoms with van der Waals surface area (Å²) in [5.74, 6) is 0.424. The monoisotopic (exact) mass is 256 g/mol. The molecule has 0 aliphatic heterocycles. The van der Waals surface area contributed by atoms with Gasteiger partial charge in [-0.3, -0.25) is 4.79 Å². The van der Waals surface area contributed by atoms with E-state index in [-0.39, 0.29) is 11.7 Å². The van der Waals surface area contributed by atoms with E-state index in [1.165, 1.54) is 4.52 Å². The van der Waals surface area contributed by atoms with Gasteiger partial charge in [-0.1, -0.05) is 18.2 Å². The second-order valence-electron chi connectivity index (χ2n) is 4.44. The average Bonchev–Trinajstić information content (AvgIpc) is 2.40. The van der Waals surface area contributed by atoms with Crippen LogP contribution < -0.4 is 10.3 Å². The van der Waals surface area contributed by atoms with Crippen molar-refractivity contribution in [2.24, 2.45) is 0 Å². The summed E-state index contributed by atoms with van der Waals surface area (Å²) in [5.41, 5.74) is 0.101. The highest BCUT2D eigenvalue weighted by molar-refractivity contribution is 5.96. The number of hydrogen-bond acceptors (Lipinski definition) is 5. The maximum absolute atomic E-state index is 11.8. The van der Waals surface area contributed by atoms with Crippen molar-refractivity contribution in [3.05, 3.63) is 40.8 Å². The molecule has 0 aliphatic carbocycles. The van der Waals surface area contributed by atoms with E-state index in [2.05, 4.69) is 15.3 Å². The van der Waals surface area contributed by atoms with E-state index in [4.69, 9.17) is 4.74 Å². The van der Waals surface area contributed by atoms with Gasteiger partial charge in [0.05, 0.1) is 6.10 Å².